The highest BCUT2D eigenvalue weighted by molar-refractivity contribution is 6.10. The van der Waals surface area contributed by atoms with Crippen molar-refractivity contribution < 1.29 is 28.5 Å². The van der Waals surface area contributed by atoms with E-state index in [4.69, 9.17) is 28.5 Å². The third-order valence-corrected chi connectivity index (χ3v) is 6.42. The number of methoxy groups -OCH3 is 3. The molecule has 9 nitrogen and oxygen atoms in total. The van der Waals surface area contributed by atoms with E-state index in [0.29, 0.717) is 54.7 Å². The van der Waals surface area contributed by atoms with E-state index in [9.17, 15) is 5.11 Å². The van der Waals surface area contributed by atoms with Crippen LogP contribution in [-0.4, -0.2) is 75.0 Å². The van der Waals surface area contributed by atoms with Gasteiger partial charge in [-0.25, -0.2) is 0 Å². The molecule has 0 aliphatic carbocycles. The van der Waals surface area contributed by atoms with Gasteiger partial charge in [0.1, 0.15) is 17.1 Å². The molecule has 3 aromatic rings. The highest BCUT2D eigenvalue weighted by Gasteiger charge is 2.34. The van der Waals surface area contributed by atoms with Gasteiger partial charge in [-0.05, 0) is 23.8 Å². The molecule has 2 aliphatic heterocycles. The number of morpholine rings is 1. The molecule has 2 aromatic carbocycles. The summed E-state index contributed by atoms with van der Waals surface area (Å²) in [5.41, 5.74) is 2.96. The molecule has 0 radical (unpaired) electrons. The maximum Gasteiger partial charge on any atom is 0.161 e. The maximum absolute atomic E-state index is 10.9. The average Bonchev–Trinajstić information content (AvgIpc) is 3.50. The van der Waals surface area contributed by atoms with Crippen LogP contribution < -0.4 is 14.2 Å². The Kier molecular flexibility index (Phi) is 6.21. The minimum Gasteiger partial charge on any atom is -0.507 e. The highest BCUT2D eigenvalue weighted by atomic mass is 16.5. The van der Waals surface area contributed by atoms with Gasteiger partial charge in [-0.15, -0.1) is 0 Å². The predicted molar refractivity (Wildman–Crippen MR) is 127 cm³/mol. The Bertz CT molecular complexity index is 1200. The number of furan rings is 1. The van der Waals surface area contributed by atoms with Gasteiger partial charge in [-0.1, -0.05) is 6.07 Å². The van der Waals surface area contributed by atoms with Gasteiger partial charge in [0, 0.05) is 25.6 Å². The Morgan fingerprint density at radius 3 is 2.56 bits per heavy atom. The topological polar surface area (TPSA) is 89.1 Å². The lowest BCUT2D eigenvalue weighted by Crippen LogP contribution is -2.42. The molecular formula is C25H29N3O6. The van der Waals surface area contributed by atoms with Crippen LogP contribution in [0.3, 0.4) is 0 Å². The highest BCUT2D eigenvalue weighted by Crippen LogP contribution is 2.43. The number of hydrazone groups is 1. The maximum atomic E-state index is 10.9. The molecule has 1 unspecified atom stereocenters. The fourth-order valence-corrected chi connectivity index (χ4v) is 4.69. The van der Waals surface area contributed by atoms with Crippen molar-refractivity contribution in [2.45, 2.75) is 12.5 Å². The van der Waals surface area contributed by atoms with Crippen molar-refractivity contribution >= 4 is 16.7 Å². The van der Waals surface area contributed by atoms with Crippen molar-refractivity contribution in [2.24, 2.45) is 5.10 Å². The number of phenols is 1. The molecule has 1 saturated heterocycles. The van der Waals surface area contributed by atoms with Gasteiger partial charge in [-0.2, -0.15) is 5.10 Å². The molecule has 2 aliphatic rings. The molecule has 180 valence electrons. The first kappa shape index (κ1) is 22.4. The first-order valence-electron chi connectivity index (χ1n) is 11.3. The summed E-state index contributed by atoms with van der Waals surface area (Å²) in [4.78, 5) is 2.32. The standard InChI is InChI=1S/C25H29N3O6/c1-30-21-5-4-16(12-23(21)31-2)19-13-18(26-28(19)15-27-7-10-33-11-8-27)24-20(29)14-22-17(6-9-34-22)25(24)32-3/h4-6,9,12,14,19,29H,7-8,10-11,13,15H2,1-3H3. The minimum atomic E-state index is -0.0539. The van der Waals surface area contributed by atoms with Crippen molar-refractivity contribution in [2.75, 3.05) is 54.3 Å². The molecule has 5 rings (SSSR count). The van der Waals surface area contributed by atoms with Crippen molar-refractivity contribution in [3.63, 3.8) is 0 Å². The number of nitrogens with zero attached hydrogens (tertiary/aromatic N) is 3. The van der Waals surface area contributed by atoms with Crippen LogP contribution in [0.1, 0.15) is 23.6 Å². The largest absolute Gasteiger partial charge is 0.507 e. The van der Waals surface area contributed by atoms with Crippen LogP contribution in [0.25, 0.3) is 11.0 Å². The van der Waals surface area contributed by atoms with E-state index in [1.807, 2.05) is 24.3 Å². The molecule has 0 bridgehead atoms. The SMILES string of the molecule is COc1ccc(C2CC(c3c(O)cc4occc4c3OC)=NN2CN2CCOCC2)cc1OC. The normalized spacial score (nSPS) is 18.9. The first-order valence-corrected chi connectivity index (χ1v) is 11.3. The zero-order valence-electron chi connectivity index (χ0n) is 19.6. The quantitative estimate of drug-likeness (QED) is 0.564. The first-order chi connectivity index (χ1) is 16.6. The molecule has 1 fully saturated rings. The minimum absolute atomic E-state index is 0.0539. The van der Waals surface area contributed by atoms with Gasteiger partial charge in [0.2, 0.25) is 0 Å². The molecule has 1 N–H and O–H groups in total. The van der Waals surface area contributed by atoms with E-state index < -0.39 is 0 Å². The molecule has 3 heterocycles. The molecule has 9 heteroatoms. The predicted octanol–water partition coefficient (Wildman–Crippen LogP) is 3.61. The number of fused-ring (bicyclic) bond motifs is 1. The smallest absolute Gasteiger partial charge is 0.161 e. The molecule has 0 spiro atoms. The molecule has 1 aromatic heterocycles. The fourth-order valence-electron chi connectivity index (χ4n) is 4.69. The second-order valence-electron chi connectivity index (χ2n) is 8.33. The summed E-state index contributed by atoms with van der Waals surface area (Å²) >= 11 is 0. The third-order valence-electron chi connectivity index (χ3n) is 6.42. The zero-order chi connectivity index (χ0) is 23.7. The van der Waals surface area contributed by atoms with E-state index in [2.05, 4.69) is 9.91 Å². The van der Waals surface area contributed by atoms with Gasteiger partial charge in [0.05, 0.1) is 70.2 Å². The third kappa shape index (κ3) is 4.01. The van der Waals surface area contributed by atoms with Crippen molar-refractivity contribution in [3.8, 4) is 23.0 Å². The van der Waals surface area contributed by atoms with E-state index in [1.165, 1.54) is 0 Å². The second-order valence-corrected chi connectivity index (χ2v) is 8.33. The number of hydrogen-bond acceptors (Lipinski definition) is 9. The van der Waals surface area contributed by atoms with Gasteiger partial charge >= 0.3 is 0 Å². The summed E-state index contributed by atoms with van der Waals surface area (Å²) in [7, 11) is 4.85. The molecule has 34 heavy (non-hydrogen) atoms. The van der Waals surface area contributed by atoms with Crippen LogP contribution in [0.4, 0.5) is 0 Å². The molecule has 0 amide bonds. The van der Waals surface area contributed by atoms with E-state index in [-0.39, 0.29) is 11.8 Å². The second kappa shape index (κ2) is 9.44. The van der Waals surface area contributed by atoms with Crippen LogP contribution in [0.15, 0.2) is 46.1 Å². The number of aromatic hydroxyl groups is 1. The van der Waals surface area contributed by atoms with Gasteiger partial charge in [-0.3, -0.25) is 9.91 Å². The summed E-state index contributed by atoms with van der Waals surface area (Å²) in [6.45, 7) is 3.74. The van der Waals surface area contributed by atoms with Crippen molar-refractivity contribution in [1.82, 2.24) is 9.91 Å². The van der Waals surface area contributed by atoms with Gasteiger partial charge in [0.25, 0.3) is 0 Å². The lowest BCUT2D eigenvalue weighted by atomic mass is 9.96. The van der Waals surface area contributed by atoms with Gasteiger partial charge in [0.15, 0.2) is 11.5 Å². The monoisotopic (exact) mass is 467 g/mol. The van der Waals surface area contributed by atoms with E-state index in [1.54, 1.807) is 33.7 Å². The Morgan fingerprint density at radius 2 is 1.82 bits per heavy atom. The van der Waals surface area contributed by atoms with Crippen LogP contribution in [0.5, 0.6) is 23.0 Å². The van der Waals surface area contributed by atoms with Crippen LogP contribution >= 0.6 is 0 Å². The van der Waals surface area contributed by atoms with Crippen LogP contribution in [-0.2, 0) is 4.74 Å². The molecule has 0 saturated carbocycles. The summed E-state index contributed by atoms with van der Waals surface area (Å²) in [6, 6.07) is 9.34. The summed E-state index contributed by atoms with van der Waals surface area (Å²) in [5.74, 6) is 1.98. The lowest BCUT2D eigenvalue weighted by Gasteiger charge is -2.33. The Morgan fingerprint density at radius 1 is 1.03 bits per heavy atom. The Hall–Kier alpha value is -3.43. The zero-order valence-corrected chi connectivity index (χ0v) is 19.6. The van der Waals surface area contributed by atoms with Gasteiger partial charge < -0.3 is 28.5 Å². The number of ether oxygens (including phenoxy) is 4. The fraction of sp³-hybridized carbons (Fsp3) is 0.400. The molecule has 1 atom stereocenters. The van der Waals surface area contributed by atoms with Crippen LogP contribution in [0.2, 0.25) is 0 Å². The Balaban J connectivity index is 1.55. The lowest BCUT2D eigenvalue weighted by molar-refractivity contribution is 0.00380. The van der Waals surface area contributed by atoms with E-state index in [0.717, 1.165) is 29.8 Å². The summed E-state index contributed by atoms with van der Waals surface area (Å²) < 4.78 is 27.7. The van der Waals surface area contributed by atoms with Crippen molar-refractivity contribution in [1.29, 1.82) is 0 Å². The van der Waals surface area contributed by atoms with Crippen molar-refractivity contribution in [3.05, 3.63) is 47.7 Å². The summed E-state index contributed by atoms with van der Waals surface area (Å²) in [5, 5.41) is 18.8. The van der Waals surface area contributed by atoms with E-state index >= 15 is 0 Å². The number of hydrogen-bond donors (Lipinski definition) is 1. The molecular weight excluding hydrogens is 438 g/mol. The number of rotatable bonds is 7. The number of benzene rings is 2. The summed E-state index contributed by atoms with van der Waals surface area (Å²) in [6.07, 6.45) is 2.18. The van der Waals surface area contributed by atoms with Crippen LogP contribution in [0, 0.1) is 0 Å². The Labute approximate surface area is 198 Å². The average molecular weight is 468 g/mol. The number of phenolic OH excluding ortho intramolecular Hbond substituents is 1.